The van der Waals surface area contributed by atoms with Crippen LogP contribution in [0.15, 0.2) is 110 Å². The lowest BCUT2D eigenvalue weighted by atomic mass is 9.97. The maximum Gasteiger partial charge on any atom is 0.338 e. The second kappa shape index (κ2) is 10.1. The Hall–Kier alpha value is -4.32. The van der Waals surface area contributed by atoms with E-state index in [-0.39, 0.29) is 0 Å². The number of esters is 2. The van der Waals surface area contributed by atoms with Crippen LogP contribution in [0.4, 0.5) is 0 Å². The molecular formula is C26H20N2O4. The predicted molar refractivity (Wildman–Crippen MR) is 118 cm³/mol. The van der Waals surface area contributed by atoms with Gasteiger partial charge in [0, 0.05) is 24.8 Å². The Morgan fingerprint density at radius 2 is 0.875 bits per heavy atom. The summed E-state index contributed by atoms with van der Waals surface area (Å²) in [7, 11) is 0. The van der Waals surface area contributed by atoms with Crippen molar-refractivity contribution in [3.05, 3.63) is 132 Å². The van der Waals surface area contributed by atoms with Gasteiger partial charge in [0.1, 0.15) is 0 Å². The molecule has 2 aromatic heterocycles. The predicted octanol–water partition coefficient (Wildman–Crippen LogP) is 4.97. The maximum atomic E-state index is 12.9. The maximum absolute atomic E-state index is 12.9. The molecule has 6 nitrogen and oxygen atoms in total. The average Bonchev–Trinajstić information content (AvgIpc) is 2.88. The molecule has 0 unspecified atom stereocenters. The van der Waals surface area contributed by atoms with Crippen LogP contribution in [0, 0.1) is 0 Å². The van der Waals surface area contributed by atoms with E-state index in [9.17, 15) is 9.59 Å². The summed E-state index contributed by atoms with van der Waals surface area (Å²) in [6, 6.07) is 24.7. The van der Waals surface area contributed by atoms with Crippen molar-refractivity contribution in [2.75, 3.05) is 0 Å². The Morgan fingerprint density at radius 1 is 0.531 bits per heavy atom. The fourth-order valence-electron chi connectivity index (χ4n) is 3.24. The molecule has 2 aromatic carbocycles. The SMILES string of the molecule is O=C(O[C@H](c1ccccc1)[C@H](OC(=O)c1ccncc1)c1ccccc1)c1ccncc1. The van der Waals surface area contributed by atoms with E-state index in [1.807, 2.05) is 60.7 Å². The van der Waals surface area contributed by atoms with Crippen LogP contribution in [-0.4, -0.2) is 21.9 Å². The smallest absolute Gasteiger partial charge is 0.338 e. The van der Waals surface area contributed by atoms with E-state index in [0.717, 1.165) is 0 Å². The summed E-state index contributed by atoms with van der Waals surface area (Å²) >= 11 is 0. The second-order valence-corrected chi connectivity index (χ2v) is 6.94. The molecule has 0 aliphatic carbocycles. The van der Waals surface area contributed by atoms with Crippen molar-refractivity contribution in [3.8, 4) is 0 Å². The Bertz CT molecular complexity index is 1060. The third kappa shape index (κ3) is 5.05. The van der Waals surface area contributed by atoms with Crippen molar-refractivity contribution in [3.63, 3.8) is 0 Å². The molecule has 4 aromatic rings. The minimum atomic E-state index is -0.870. The van der Waals surface area contributed by atoms with Crippen LogP contribution >= 0.6 is 0 Å². The topological polar surface area (TPSA) is 78.4 Å². The molecular weight excluding hydrogens is 404 g/mol. The molecule has 0 saturated heterocycles. The van der Waals surface area contributed by atoms with Gasteiger partial charge in [-0.1, -0.05) is 60.7 Å². The highest BCUT2D eigenvalue weighted by molar-refractivity contribution is 5.90. The van der Waals surface area contributed by atoms with Crippen molar-refractivity contribution in [1.29, 1.82) is 0 Å². The number of carbonyl (C=O) groups excluding carboxylic acids is 2. The van der Waals surface area contributed by atoms with Gasteiger partial charge in [0.25, 0.3) is 0 Å². The van der Waals surface area contributed by atoms with E-state index in [2.05, 4.69) is 9.97 Å². The van der Waals surface area contributed by atoms with Gasteiger partial charge in [0.05, 0.1) is 11.1 Å². The molecule has 0 N–H and O–H groups in total. The third-order valence-electron chi connectivity index (χ3n) is 4.83. The number of ether oxygens (including phenoxy) is 2. The van der Waals surface area contributed by atoms with Gasteiger partial charge in [-0.25, -0.2) is 9.59 Å². The van der Waals surface area contributed by atoms with E-state index in [1.165, 1.54) is 24.8 Å². The van der Waals surface area contributed by atoms with Gasteiger partial charge in [-0.3, -0.25) is 9.97 Å². The minimum Gasteiger partial charge on any atom is -0.450 e. The van der Waals surface area contributed by atoms with Gasteiger partial charge in [-0.2, -0.15) is 0 Å². The van der Waals surface area contributed by atoms with Crippen molar-refractivity contribution in [2.45, 2.75) is 12.2 Å². The molecule has 2 atom stereocenters. The first kappa shape index (κ1) is 20.9. The summed E-state index contributed by atoms with van der Waals surface area (Å²) in [5.74, 6) is -1.08. The highest BCUT2D eigenvalue weighted by Gasteiger charge is 2.32. The zero-order valence-electron chi connectivity index (χ0n) is 17.1. The van der Waals surface area contributed by atoms with Crippen LogP contribution in [0.1, 0.15) is 44.1 Å². The van der Waals surface area contributed by atoms with E-state index >= 15 is 0 Å². The Kier molecular flexibility index (Phi) is 6.63. The van der Waals surface area contributed by atoms with E-state index in [0.29, 0.717) is 22.3 Å². The van der Waals surface area contributed by atoms with Crippen molar-refractivity contribution in [1.82, 2.24) is 9.97 Å². The molecule has 0 spiro atoms. The lowest BCUT2D eigenvalue weighted by Crippen LogP contribution is -2.23. The van der Waals surface area contributed by atoms with Crippen LogP contribution in [0.3, 0.4) is 0 Å². The zero-order valence-corrected chi connectivity index (χ0v) is 17.1. The molecule has 0 amide bonds. The molecule has 4 rings (SSSR count). The van der Waals surface area contributed by atoms with E-state index in [4.69, 9.17) is 9.47 Å². The second-order valence-electron chi connectivity index (χ2n) is 6.94. The molecule has 0 aliphatic heterocycles. The van der Waals surface area contributed by atoms with Crippen molar-refractivity contribution in [2.24, 2.45) is 0 Å². The average molecular weight is 424 g/mol. The summed E-state index contributed by atoms with van der Waals surface area (Å²) in [6.45, 7) is 0. The van der Waals surface area contributed by atoms with E-state index in [1.54, 1.807) is 24.3 Å². The highest BCUT2D eigenvalue weighted by atomic mass is 16.6. The van der Waals surface area contributed by atoms with Gasteiger partial charge in [0.2, 0.25) is 0 Å². The first-order valence-electron chi connectivity index (χ1n) is 10.0. The summed E-state index contributed by atoms with van der Waals surface area (Å²) < 4.78 is 11.8. The number of pyridine rings is 2. The van der Waals surface area contributed by atoms with Gasteiger partial charge >= 0.3 is 11.9 Å². The van der Waals surface area contributed by atoms with Crippen LogP contribution in [-0.2, 0) is 9.47 Å². The summed E-state index contributed by atoms with van der Waals surface area (Å²) in [4.78, 5) is 33.7. The molecule has 158 valence electrons. The van der Waals surface area contributed by atoms with Gasteiger partial charge in [0.15, 0.2) is 12.2 Å². The number of rotatable bonds is 7. The Balaban J connectivity index is 1.72. The normalized spacial score (nSPS) is 12.4. The first-order chi connectivity index (χ1) is 15.7. The highest BCUT2D eigenvalue weighted by Crippen LogP contribution is 2.36. The van der Waals surface area contributed by atoms with Crippen molar-refractivity contribution >= 4 is 11.9 Å². The van der Waals surface area contributed by atoms with Gasteiger partial charge < -0.3 is 9.47 Å². The summed E-state index contributed by atoms with van der Waals surface area (Å²) in [6.07, 6.45) is 4.34. The lowest BCUT2D eigenvalue weighted by molar-refractivity contribution is -0.0388. The summed E-state index contributed by atoms with van der Waals surface area (Å²) in [5.41, 5.74) is 2.11. The van der Waals surface area contributed by atoms with E-state index < -0.39 is 24.1 Å². The standard InChI is InChI=1S/C26H20N2O4/c29-25(21-11-15-27-16-12-21)31-23(19-7-3-1-4-8-19)24(20-9-5-2-6-10-20)32-26(30)22-13-17-28-18-14-22/h1-18,23-24H/t23-,24-/m1/s1. The van der Waals surface area contributed by atoms with Crippen LogP contribution in [0.5, 0.6) is 0 Å². The molecule has 0 aliphatic rings. The molecule has 0 saturated carbocycles. The number of carbonyl (C=O) groups is 2. The Labute approximate surface area is 185 Å². The third-order valence-corrected chi connectivity index (χ3v) is 4.83. The molecule has 0 bridgehead atoms. The van der Waals surface area contributed by atoms with Gasteiger partial charge in [-0.05, 0) is 35.4 Å². The number of nitrogens with zero attached hydrogens (tertiary/aromatic N) is 2. The number of hydrogen-bond acceptors (Lipinski definition) is 6. The lowest BCUT2D eigenvalue weighted by Gasteiger charge is -2.28. The monoisotopic (exact) mass is 424 g/mol. The van der Waals surface area contributed by atoms with Crippen LogP contribution in [0.25, 0.3) is 0 Å². The Morgan fingerprint density at radius 3 is 1.22 bits per heavy atom. The van der Waals surface area contributed by atoms with Crippen LogP contribution in [0.2, 0.25) is 0 Å². The quantitative estimate of drug-likeness (QED) is 0.390. The summed E-state index contributed by atoms with van der Waals surface area (Å²) in [5, 5.41) is 0. The molecule has 2 heterocycles. The first-order valence-corrected chi connectivity index (χ1v) is 10.0. The minimum absolute atomic E-state index is 0.355. The number of hydrogen-bond donors (Lipinski definition) is 0. The van der Waals surface area contributed by atoms with Crippen molar-refractivity contribution < 1.29 is 19.1 Å². The van der Waals surface area contributed by atoms with Gasteiger partial charge in [-0.15, -0.1) is 0 Å². The number of benzene rings is 2. The molecule has 32 heavy (non-hydrogen) atoms. The number of aromatic nitrogens is 2. The largest absolute Gasteiger partial charge is 0.450 e. The molecule has 6 heteroatoms. The fourth-order valence-corrected chi connectivity index (χ4v) is 3.24. The zero-order chi connectivity index (χ0) is 22.2. The fraction of sp³-hybridized carbons (Fsp3) is 0.0769. The van der Waals surface area contributed by atoms with Crippen LogP contribution < -0.4 is 0 Å². The molecule has 0 fully saturated rings. The molecule has 0 radical (unpaired) electrons.